The highest BCUT2D eigenvalue weighted by molar-refractivity contribution is 7.07. The van der Waals surface area contributed by atoms with Crippen LogP contribution in [0, 0.1) is 5.92 Å². The van der Waals surface area contributed by atoms with Crippen LogP contribution < -0.4 is 33.8 Å². The first-order valence-corrected chi connectivity index (χ1v) is 15.8. The third-order valence-electron chi connectivity index (χ3n) is 7.04. The molecule has 0 fully saturated rings. The standard InChI is InChI=1S/C34H40N2O8S/c1-8-9-10-15-42-25-13-11-23(16-27(25)40-6)17-29-32(38)36-31(24-12-14-26(44-22(5)37)28(18-24)41-7)30(21(4)35-34(36)45-29)33(39)43-19-20(2)3/h11-14,16-18,20,31H,8-10,15,19H2,1-7H3/b29-17-. The van der Waals surface area contributed by atoms with Crippen LogP contribution in [0.25, 0.3) is 6.08 Å². The van der Waals surface area contributed by atoms with Gasteiger partial charge in [-0.15, -0.1) is 0 Å². The van der Waals surface area contributed by atoms with Gasteiger partial charge in [-0.25, -0.2) is 9.79 Å². The Hall–Kier alpha value is -4.38. The number of nitrogens with zero attached hydrogens (tertiary/aromatic N) is 2. The van der Waals surface area contributed by atoms with Gasteiger partial charge in [-0.3, -0.25) is 14.2 Å². The van der Waals surface area contributed by atoms with E-state index in [0.717, 1.165) is 24.8 Å². The lowest BCUT2D eigenvalue weighted by molar-refractivity contribution is -0.140. The number of rotatable bonds is 13. The molecule has 0 spiro atoms. The van der Waals surface area contributed by atoms with Crippen molar-refractivity contribution in [2.45, 2.75) is 59.9 Å². The van der Waals surface area contributed by atoms with Gasteiger partial charge in [0.05, 0.1) is 49.3 Å². The van der Waals surface area contributed by atoms with Gasteiger partial charge >= 0.3 is 11.9 Å². The van der Waals surface area contributed by atoms with Gasteiger partial charge in [0.15, 0.2) is 27.8 Å². The Morgan fingerprint density at radius 1 is 1.02 bits per heavy atom. The highest BCUT2D eigenvalue weighted by Crippen LogP contribution is 2.36. The molecule has 1 aromatic heterocycles. The van der Waals surface area contributed by atoms with Crippen LogP contribution in [0.5, 0.6) is 23.0 Å². The summed E-state index contributed by atoms with van der Waals surface area (Å²) in [5.74, 6) is 0.746. The van der Waals surface area contributed by atoms with Crippen LogP contribution in [-0.2, 0) is 14.3 Å². The normalized spacial score (nSPS) is 14.6. The third-order valence-corrected chi connectivity index (χ3v) is 8.02. The van der Waals surface area contributed by atoms with E-state index >= 15 is 0 Å². The topological polar surface area (TPSA) is 115 Å². The van der Waals surface area contributed by atoms with E-state index in [4.69, 9.17) is 23.7 Å². The summed E-state index contributed by atoms with van der Waals surface area (Å²) in [5, 5.41) is 0. The number of carbonyl (C=O) groups is 2. The fourth-order valence-electron chi connectivity index (χ4n) is 4.89. The molecule has 0 bridgehead atoms. The molecule has 240 valence electrons. The van der Waals surface area contributed by atoms with Gasteiger partial charge in [-0.1, -0.05) is 57.1 Å². The zero-order valence-electron chi connectivity index (χ0n) is 26.8. The van der Waals surface area contributed by atoms with Crippen molar-refractivity contribution < 1.29 is 33.3 Å². The van der Waals surface area contributed by atoms with E-state index in [1.54, 1.807) is 38.3 Å². The molecule has 4 rings (SSSR count). The van der Waals surface area contributed by atoms with E-state index in [2.05, 4.69) is 11.9 Å². The minimum absolute atomic E-state index is 0.114. The van der Waals surface area contributed by atoms with Crippen molar-refractivity contribution in [3.8, 4) is 23.0 Å². The molecule has 1 atom stereocenters. The van der Waals surface area contributed by atoms with Crippen LogP contribution in [0.15, 0.2) is 57.5 Å². The van der Waals surface area contributed by atoms with E-state index in [1.165, 1.54) is 29.9 Å². The Kier molecular flexibility index (Phi) is 11.2. The molecule has 0 saturated carbocycles. The minimum Gasteiger partial charge on any atom is -0.493 e. The molecule has 11 heteroatoms. The first-order chi connectivity index (χ1) is 21.6. The van der Waals surface area contributed by atoms with E-state index in [9.17, 15) is 14.4 Å². The Labute approximate surface area is 266 Å². The van der Waals surface area contributed by atoms with E-state index in [1.807, 2.05) is 32.0 Å². The molecule has 45 heavy (non-hydrogen) atoms. The molecule has 1 aliphatic heterocycles. The van der Waals surface area contributed by atoms with E-state index < -0.39 is 18.0 Å². The average molecular weight is 637 g/mol. The fraction of sp³-hybridized carbons (Fsp3) is 0.412. The summed E-state index contributed by atoms with van der Waals surface area (Å²) in [6, 6.07) is 9.59. The lowest BCUT2D eigenvalue weighted by atomic mass is 9.95. The van der Waals surface area contributed by atoms with Crippen molar-refractivity contribution in [1.29, 1.82) is 0 Å². The van der Waals surface area contributed by atoms with Crippen molar-refractivity contribution in [3.63, 3.8) is 0 Å². The molecule has 0 saturated heterocycles. The first kappa shape index (κ1) is 33.5. The van der Waals surface area contributed by atoms with Crippen molar-refractivity contribution in [3.05, 3.63) is 78.5 Å². The van der Waals surface area contributed by atoms with Crippen LogP contribution >= 0.6 is 11.3 Å². The van der Waals surface area contributed by atoms with Gasteiger partial charge in [0.1, 0.15) is 0 Å². The maximum absolute atomic E-state index is 14.1. The van der Waals surface area contributed by atoms with Crippen LogP contribution in [0.4, 0.5) is 0 Å². The number of methoxy groups -OCH3 is 2. The number of benzene rings is 2. The number of ether oxygens (including phenoxy) is 5. The smallest absolute Gasteiger partial charge is 0.338 e. The second kappa shape index (κ2) is 15.1. The van der Waals surface area contributed by atoms with E-state index in [0.29, 0.717) is 38.7 Å². The molecule has 0 aliphatic carbocycles. The largest absolute Gasteiger partial charge is 0.493 e. The number of esters is 2. The molecule has 2 aromatic carbocycles. The monoisotopic (exact) mass is 636 g/mol. The number of aromatic nitrogens is 1. The van der Waals surface area contributed by atoms with Gasteiger partial charge < -0.3 is 23.7 Å². The number of thiazole rings is 1. The highest BCUT2D eigenvalue weighted by Gasteiger charge is 2.34. The number of fused-ring (bicyclic) bond motifs is 1. The van der Waals surface area contributed by atoms with Crippen LogP contribution in [0.2, 0.25) is 0 Å². The number of hydrogen-bond acceptors (Lipinski definition) is 10. The van der Waals surface area contributed by atoms with Crippen molar-refractivity contribution >= 4 is 29.4 Å². The third kappa shape index (κ3) is 7.83. The van der Waals surface area contributed by atoms with E-state index in [-0.39, 0.29) is 35.2 Å². The molecule has 2 heterocycles. The molecule has 0 radical (unpaired) electrons. The minimum atomic E-state index is -0.864. The molecule has 10 nitrogen and oxygen atoms in total. The first-order valence-electron chi connectivity index (χ1n) is 14.9. The summed E-state index contributed by atoms with van der Waals surface area (Å²) >= 11 is 1.22. The maximum atomic E-state index is 14.1. The summed E-state index contributed by atoms with van der Waals surface area (Å²) in [6.07, 6.45) is 4.91. The Morgan fingerprint density at radius 2 is 1.73 bits per heavy atom. The van der Waals surface area contributed by atoms with Crippen LogP contribution in [-0.4, -0.2) is 43.9 Å². The predicted molar refractivity (Wildman–Crippen MR) is 172 cm³/mol. The average Bonchev–Trinajstić information content (AvgIpc) is 3.31. The SMILES string of the molecule is CCCCCOc1ccc(/C=c2\sc3n(c2=O)C(c2ccc(OC(C)=O)c(OC)c2)C(C(=O)OCC(C)C)=C(C)N=3)cc1OC. The van der Waals surface area contributed by atoms with Crippen LogP contribution in [0.1, 0.15) is 71.0 Å². The molecular formula is C34H40N2O8S. The number of allylic oxidation sites excluding steroid dienone is 1. The summed E-state index contributed by atoms with van der Waals surface area (Å²) in [4.78, 5) is 44.3. The van der Waals surface area contributed by atoms with Crippen LogP contribution in [0.3, 0.4) is 0 Å². The lowest BCUT2D eigenvalue weighted by Gasteiger charge is -2.25. The fourth-order valence-corrected chi connectivity index (χ4v) is 5.94. The zero-order chi connectivity index (χ0) is 32.7. The zero-order valence-corrected chi connectivity index (χ0v) is 27.6. The summed E-state index contributed by atoms with van der Waals surface area (Å²) in [7, 11) is 3.03. The molecule has 0 amide bonds. The maximum Gasteiger partial charge on any atom is 0.338 e. The molecule has 1 unspecified atom stereocenters. The number of unbranched alkanes of at least 4 members (excludes halogenated alkanes) is 2. The summed E-state index contributed by atoms with van der Waals surface area (Å²) in [6.45, 7) is 9.85. The van der Waals surface area contributed by atoms with Gasteiger partial charge in [0.2, 0.25) is 0 Å². The van der Waals surface area contributed by atoms with Gasteiger partial charge in [-0.2, -0.15) is 0 Å². The second-order valence-electron chi connectivity index (χ2n) is 11.0. The Balaban J connectivity index is 1.83. The second-order valence-corrected chi connectivity index (χ2v) is 12.1. The predicted octanol–water partition coefficient (Wildman–Crippen LogP) is 4.95. The Bertz CT molecular complexity index is 1770. The summed E-state index contributed by atoms with van der Waals surface area (Å²) < 4.78 is 29.8. The lowest BCUT2D eigenvalue weighted by Crippen LogP contribution is -2.40. The van der Waals surface area contributed by atoms with Gasteiger partial charge in [-0.05, 0) is 60.7 Å². The molecule has 0 N–H and O–H groups in total. The van der Waals surface area contributed by atoms with Crippen molar-refractivity contribution in [1.82, 2.24) is 4.57 Å². The number of hydrogen-bond donors (Lipinski definition) is 0. The quantitative estimate of drug-likeness (QED) is 0.147. The summed E-state index contributed by atoms with van der Waals surface area (Å²) in [5.41, 5.74) is 1.66. The number of carbonyl (C=O) groups excluding carboxylic acids is 2. The molecule has 1 aliphatic rings. The van der Waals surface area contributed by atoms with Crippen molar-refractivity contribution in [2.75, 3.05) is 27.4 Å². The highest BCUT2D eigenvalue weighted by atomic mass is 32.1. The van der Waals surface area contributed by atoms with Gasteiger partial charge in [0, 0.05) is 6.92 Å². The van der Waals surface area contributed by atoms with Crippen molar-refractivity contribution in [2.24, 2.45) is 10.9 Å². The Morgan fingerprint density at radius 3 is 2.40 bits per heavy atom. The van der Waals surface area contributed by atoms with Gasteiger partial charge in [0.25, 0.3) is 5.56 Å². The molecule has 3 aromatic rings. The molecular weight excluding hydrogens is 596 g/mol.